The molecule has 0 saturated carbocycles. The van der Waals surface area contributed by atoms with Gasteiger partial charge in [-0.25, -0.2) is 5.48 Å². The summed E-state index contributed by atoms with van der Waals surface area (Å²) in [4.78, 5) is 25.0. The highest BCUT2D eigenvalue weighted by molar-refractivity contribution is 5.94. The lowest BCUT2D eigenvalue weighted by Crippen LogP contribution is -2.31. The zero-order valence-electron chi connectivity index (χ0n) is 13.8. The van der Waals surface area contributed by atoms with E-state index in [2.05, 4.69) is 5.32 Å². The maximum absolute atomic E-state index is 12.2. The Morgan fingerprint density at radius 1 is 1.17 bits per heavy atom. The minimum Gasteiger partial charge on any atom is -0.378 e. The van der Waals surface area contributed by atoms with Crippen LogP contribution < -0.4 is 15.7 Å². The van der Waals surface area contributed by atoms with Gasteiger partial charge < -0.3 is 10.2 Å². The number of rotatable bonds is 6. The maximum Gasteiger partial charge on any atom is 0.267 e. The van der Waals surface area contributed by atoms with E-state index >= 15 is 0 Å². The van der Waals surface area contributed by atoms with Crippen LogP contribution in [0.3, 0.4) is 0 Å². The molecule has 0 spiro atoms. The van der Waals surface area contributed by atoms with Gasteiger partial charge >= 0.3 is 0 Å². The van der Waals surface area contributed by atoms with Crippen LogP contribution in [0.4, 0.5) is 5.69 Å². The fourth-order valence-corrected chi connectivity index (χ4v) is 1.94. The van der Waals surface area contributed by atoms with Gasteiger partial charge in [-0.1, -0.05) is 17.7 Å². The van der Waals surface area contributed by atoms with Crippen molar-refractivity contribution in [2.75, 3.05) is 19.0 Å². The van der Waals surface area contributed by atoms with E-state index in [0.29, 0.717) is 5.56 Å². The molecule has 0 aliphatic rings. The predicted molar refractivity (Wildman–Crippen MR) is 90.5 cm³/mol. The Morgan fingerprint density at radius 2 is 1.78 bits per heavy atom. The summed E-state index contributed by atoms with van der Waals surface area (Å²) in [6.07, 6.45) is 4.58. The van der Waals surface area contributed by atoms with E-state index in [0.717, 1.165) is 11.3 Å². The van der Waals surface area contributed by atoms with Gasteiger partial charge in [0, 0.05) is 37.5 Å². The van der Waals surface area contributed by atoms with Gasteiger partial charge in [-0.15, -0.1) is 0 Å². The molecule has 1 atom stereocenters. The Bertz CT molecular complexity index is 604. The van der Waals surface area contributed by atoms with Crippen molar-refractivity contribution in [3.8, 4) is 0 Å². The lowest BCUT2D eigenvalue weighted by atomic mass is 10.1. The summed E-state index contributed by atoms with van der Waals surface area (Å²) in [6.45, 7) is 3.64. The molecule has 1 rings (SSSR count). The van der Waals surface area contributed by atoms with Crippen molar-refractivity contribution in [1.29, 1.82) is 0 Å². The van der Waals surface area contributed by atoms with Crippen LogP contribution in [0, 0.1) is 0 Å². The van der Waals surface area contributed by atoms with E-state index in [9.17, 15) is 9.59 Å². The Labute approximate surface area is 136 Å². The highest BCUT2D eigenvalue weighted by atomic mass is 16.5. The first-order chi connectivity index (χ1) is 10.8. The first-order valence-electron chi connectivity index (χ1n) is 7.22. The van der Waals surface area contributed by atoms with Crippen LogP contribution in [0.25, 0.3) is 0 Å². The van der Waals surface area contributed by atoms with Gasteiger partial charge in [0.2, 0.25) is 0 Å². The molecule has 0 unspecified atom stereocenters. The first kappa shape index (κ1) is 18.4. The van der Waals surface area contributed by atoms with Crippen LogP contribution in [-0.2, 0) is 4.79 Å². The second-order valence-electron chi connectivity index (χ2n) is 5.42. The third kappa shape index (κ3) is 6.36. The SMILES string of the molecule is CC(/C=C/C(=O)NO)=C\[C@@H](C)NC(=O)c1ccc(N(C)C)cc1. The van der Waals surface area contributed by atoms with Gasteiger partial charge in [-0.2, -0.15) is 0 Å². The Kier molecular flexibility index (Phi) is 7.02. The molecule has 6 heteroatoms. The molecule has 0 bridgehead atoms. The van der Waals surface area contributed by atoms with E-state index < -0.39 is 5.91 Å². The fourth-order valence-electron chi connectivity index (χ4n) is 1.94. The molecule has 0 saturated heterocycles. The van der Waals surface area contributed by atoms with Crippen molar-refractivity contribution < 1.29 is 14.8 Å². The average molecular weight is 317 g/mol. The number of hydrogen-bond acceptors (Lipinski definition) is 4. The van der Waals surface area contributed by atoms with E-state index in [4.69, 9.17) is 5.21 Å². The minimum absolute atomic E-state index is 0.163. The van der Waals surface area contributed by atoms with E-state index in [-0.39, 0.29) is 11.9 Å². The summed E-state index contributed by atoms with van der Waals surface area (Å²) in [6, 6.07) is 7.13. The fraction of sp³-hybridized carbons (Fsp3) is 0.294. The smallest absolute Gasteiger partial charge is 0.267 e. The van der Waals surface area contributed by atoms with Gasteiger partial charge in [0.25, 0.3) is 11.8 Å². The molecule has 0 aliphatic carbocycles. The number of nitrogens with one attached hydrogen (secondary N) is 2. The van der Waals surface area contributed by atoms with Gasteiger partial charge in [0.05, 0.1) is 0 Å². The molecule has 2 amide bonds. The summed E-state index contributed by atoms with van der Waals surface area (Å²) in [5.74, 6) is -0.764. The maximum atomic E-state index is 12.2. The predicted octanol–water partition coefficient (Wildman–Crippen LogP) is 1.88. The molecule has 0 aliphatic heterocycles. The third-order valence-electron chi connectivity index (χ3n) is 3.13. The highest BCUT2D eigenvalue weighted by Gasteiger charge is 2.08. The van der Waals surface area contributed by atoms with Crippen LogP contribution in [0.1, 0.15) is 24.2 Å². The molecule has 1 aromatic carbocycles. The number of hydrogen-bond donors (Lipinski definition) is 3. The molecule has 0 fully saturated rings. The molecule has 3 N–H and O–H groups in total. The van der Waals surface area contributed by atoms with Crippen molar-refractivity contribution in [2.24, 2.45) is 0 Å². The second-order valence-corrected chi connectivity index (χ2v) is 5.42. The van der Waals surface area contributed by atoms with Crippen molar-refractivity contribution in [3.05, 3.63) is 53.6 Å². The summed E-state index contributed by atoms with van der Waals surface area (Å²) in [7, 11) is 3.88. The molecule has 0 heterocycles. The molecule has 124 valence electrons. The number of amides is 2. The largest absolute Gasteiger partial charge is 0.378 e. The van der Waals surface area contributed by atoms with Gasteiger partial charge in [0.1, 0.15) is 0 Å². The highest BCUT2D eigenvalue weighted by Crippen LogP contribution is 2.12. The number of benzene rings is 1. The third-order valence-corrected chi connectivity index (χ3v) is 3.13. The molecular weight excluding hydrogens is 294 g/mol. The van der Waals surface area contributed by atoms with Gasteiger partial charge in [0.15, 0.2) is 0 Å². The minimum atomic E-state index is -0.601. The number of carbonyl (C=O) groups is 2. The van der Waals surface area contributed by atoms with Crippen LogP contribution in [-0.4, -0.2) is 37.2 Å². The van der Waals surface area contributed by atoms with Crippen LogP contribution in [0.2, 0.25) is 0 Å². The zero-order chi connectivity index (χ0) is 17.4. The van der Waals surface area contributed by atoms with Crippen molar-refractivity contribution in [1.82, 2.24) is 10.8 Å². The number of carbonyl (C=O) groups excluding carboxylic acids is 2. The van der Waals surface area contributed by atoms with Crippen molar-refractivity contribution >= 4 is 17.5 Å². The number of nitrogens with zero attached hydrogens (tertiary/aromatic N) is 1. The summed E-state index contributed by atoms with van der Waals surface area (Å²) >= 11 is 0. The summed E-state index contributed by atoms with van der Waals surface area (Å²) in [5.41, 5.74) is 3.92. The van der Waals surface area contributed by atoms with Crippen LogP contribution in [0.15, 0.2) is 48.1 Å². The first-order valence-corrected chi connectivity index (χ1v) is 7.22. The molecule has 23 heavy (non-hydrogen) atoms. The normalized spacial score (nSPS) is 12.8. The van der Waals surface area contributed by atoms with Gasteiger partial charge in [-0.3, -0.25) is 14.8 Å². The second kappa shape index (κ2) is 8.75. The van der Waals surface area contributed by atoms with Crippen LogP contribution in [0.5, 0.6) is 0 Å². The Balaban J connectivity index is 2.65. The Hall–Kier alpha value is -2.60. The van der Waals surface area contributed by atoms with E-state index in [1.807, 2.05) is 44.1 Å². The Morgan fingerprint density at radius 3 is 2.30 bits per heavy atom. The monoisotopic (exact) mass is 317 g/mol. The summed E-state index contributed by atoms with van der Waals surface area (Å²) < 4.78 is 0. The van der Waals surface area contributed by atoms with Gasteiger partial charge in [-0.05, 0) is 38.1 Å². The molecule has 6 nitrogen and oxygen atoms in total. The number of allylic oxidation sites excluding steroid dienone is 2. The van der Waals surface area contributed by atoms with E-state index in [1.54, 1.807) is 25.1 Å². The lowest BCUT2D eigenvalue weighted by molar-refractivity contribution is -0.124. The molecular formula is C17H23N3O3. The summed E-state index contributed by atoms with van der Waals surface area (Å²) in [5, 5.41) is 11.3. The lowest BCUT2D eigenvalue weighted by Gasteiger charge is -2.14. The topological polar surface area (TPSA) is 81.7 Å². The molecule has 0 aromatic heterocycles. The molecule has 1 aromatic rings. The zero-order valence-corrected chi connectivity index (χ0v) is 13.8. The molecule has 0 radical (unpaired) electrons. The average Bonchev–Trinajstić information content (AvgIpc) is 2.52. The quantitative estimate of drug-likeness (QED) is 0.324. The van der Waals surface area contributed by atoms with E-state index in [1.165, 1.54) is 11.6 Å². The van der Waals surface area contributed by atoms with Crippen molar-refractivity contribution in [2.45, 2.75) is 19.9 Å². The standard InChI is InChI=1S/C17H23N3O3/c1-12(5-10-16(21)19-23)11-13(2)18-17(22)14-6-8-15(9-7-14)20(3)4/h5-11,13,23H,1-4H3,(H,18,22)(H,19,21)/b10-5+,12-11+/t13-/m1/s1. The number of anilines is 1. The number of hydroxylamine groups is 1. The van der Waals surface area contributed by atoms with Crippen LogP contribution >= 0.6 is 0 Å². The van der Waals surface area contributed by atoms with Crippen molar-refractivity contribution in [3.63, 3.8) is 0 Å².